The van der Waals surface area contributed by atoms with Crippen LogP contribution in [0.1, 0.15) is 34.1 Å². The molecule has 1 amide bonds. The first-order chi connectivity index (χ1) is 10.2. The molecule has 22 heavy (non-hydrogen) atoms. The van der Waals surface area contributed by atoms with E-state index < -0.39 is 16.6 Å². The van der Waals surface area contributed by atoms with Crippen LogP contribution >= 0.6 is 0 Å². The first-order valence-electron chi connectivity index (χ1n) is 7.03. The Balaban J connectivity index is 3.13. The largest absolute Gasteiger partial charge is 0.491 e. The van der Waals surface area contributed by atoms with Gasteiger partial charge in [-0.25, -0.2) is 4.79 Å². The summed E-state index contributed by atoms with van der Waals surface area (Å²) in [5, 5.41) is 10.9. The summed E-state index contributed by atoms with van der Waals surface area (Å²) >= 11 is 0. The number of ether oxygens (including phenoxy) is 2. The Bertz CT molecular complexity index is 551. The molecule has 0 unspecified atom stereocenters. The van der Waals surface area contributed by atoms with Gasteiger partial charge in [-0.1, -0.05) is 6.92 Å². The first-order valence-corrected chi connectivity index (χ1v) is 7.03. The van der Waals surface area contributed by atoms with Gasteiger partial charge < -0.3 is 9.47 Å². The van der Waals surface area contributed by atoms with E-state index in [0.29, 0.717) is 18.0 Å². The highest BCUT2D eigenvalue weighted by Crippen LogP contribution is 2.32. The van der Waals surface area contributed by atoms with Crippen molar-refractivity contribution in [1.29, 1.82) is 0 Å². The van der Waals surface area contributed by atoms with Crippen LogP contribution in [0, 0.1) is 10.1 Å². The van der Waals surface area contributed by atoms with Crippen molar-refractivity contribution in [2.75, 3.05) is 18.6 Å². The summed E-state index contributed by atoms with van der Waals surface area (Å²) in [4.78, 5) is 23.8. The van der Waals surface area contributed by atoms with Crippen LogP contribution < -0.4 is 9.64 Å². The first kappa shape index (κ1) is 17.7. The van der Waals surface area contributed by atoms with E-state index in [0.717, 1.165) is 6.42 Å². The van der Waals surface area contributed by atoms with Gasteiger partial charge in [0, 0.05) is 19.2 Å². The molecule has 0 saturated heterocycles. The minimum absolute atomic E-state index is 0.116. The molecule has 1 aromatic carbocycles. The van der Waals surface area contributed by atoms with Crippen LogP contribution in [0.4, 0.5) is 16.2 Å². The van der Waals surface area contributed by atoms with Gasteiger partial charge in [-0.15, -0.1) is 0 Å². The quantitative estimate of drug-likeness (QED) is 0.611. The highest BCUT2D eigenvalue weighted by Gasteiger charge is 2.24. The van der Waals surface area contributed by atoms with E-state index in [1.165, 1.54) is 30.1 Å². The van der Waals surface area contributed by atoms with Gasteiger partial charge in [-0.3, -0.25) is 15.0 Å². The molecule has 0 spiro atoms. The number of nitrogens with zero attached hydrogens (tertiary/aromatic N) is 2. The van der Waals surface area contributed by atoms with Crippen molar-refractivity contribution in [1.82, 2.24) is 0 Å². The Morgan fingerprint density at radius 2 is 2.00 bits per heavy atom. The minimum atomic E-state index is -0.656. The van der Waals surface area contributed by atoms with Crippen molar-refractivity contribution in [3.63, 3.8) is 0 Å². The SMILES string of the molecule is CCCOc1ccc([N+](=O)[O-])cc1N(C)C(=O)OC(C)(C)C. The third-order valence-electron chi connectivity index (χ3n) is 2.64. The molecule has 7 nitrogen and oxygen atoms in total. The van der Waals surface area contributed by atoms with Gasteiger partial charge in [0.05, 0.1) is 17.2 Å². The molecular formula is C15H22N2O5. The molecule has 0 heterocycles. The predicted molar refractivity (Wildman–Crippen MR) is 83.5 cm³/mol. The lowest BCUT2D eigenvalue weighted by atomic mass is 10.2. The van der Waals surface area contributed by atoms with E-state index >= 15 is 0 Å². The average Bonchev–Trinajstić information content (AvgIpc) is 2.42. The minimum Gasteiger partial charge on any atom is -0.491 e. The second-order valence-electron chi connectivity index (χ2n) is 5.80. The van der Waals surface area contributed by atoms with Crippen molar-refractivity contribution in [3.8, 4) is 5.75 Å². The van der Waals surface area contributed by atoms with E-state index in [1.54, 1.807) is 20.8 Å². The Hall–Kier alpha value is -2.31. The Labute approximate surface area is 130 Å². The van der Waals surface area contributed by atoms with Crippen molar-refractivity contribution < 1.29 is 19.2 Å². The number of benzene rings is 1. The number of rotatable bonds is 5. The fourth-order valence-corrected chi connectivity index (χ4v) is 1.64. The van der Waals surface area contributed by atoms with Crippen molar-refractivity contribution >= 4 is 17.5 Å². The molecule has 1 rings (SSSR count). The number of amides is 1. The Morgan fingerprint density at radius 3 is 2.50 bits per heavy atom. The number of anilines is 1. The van der Waals surface area contributed by atoms with E-state index in [4.69, 9.17) is 9.47 Å². The second kappa shape index (κ2) is 7.11. The van der Waals surface area contributed by atoms with Crippen molar-refractivity contribution in [3.05, 3.63) is 28.3 Å². The summed E-state index contributed by atoms with van der Waals surface area (Å²) in [6.45, 7) is 7.65. The van der Waals surface area contributed by atoms with E-state index in [2.05, 4.69) is 0 Å². The Morgan fingerprint density at radius 1 is 1.36 bits per heavy atom. The monoisotopic (exact) mass is 310 g/mol. The smallest absolute Gasteiger partial charge is 0.414 e. The zero-order valence-electron chi connectivity index (χ0n) is 13.6. The van der Waals surface area contributed by atoms with Crippen LogP contribution in [-0.2, 0) is 4.74 Å². The number of carbonyl (C=O) groups excluding carboxylic acids is 1. The summed E-state index contributed by atoms with van der Waals surface area (Å²) in [5.41, 5.74) is -0.470. The lowest BCUT2D eigenvalue weighted by Crippen LogP contribution is -2.34. The number of hydrogen-bond acceptors (Lipinski definition) is 5. The fraction of sp³-hybridized carbons (Fsp3) is 0.533. The molecule has 0 fully saturated rings. The summed E-state index contributed by atoms with van der Waals surface area (Å²) in [6.07, 6.45) is 0.182. The molecule has 0 aromatic heterocycles. The molecule has 0 aliphatic carbocycles. The van der Waals surface area contributed by atoms with Gasteiger partial charge in [-0.2, -0.15) is 0 Å². The molecule has 0 aliphatic rings. The maximum absolute atomic E-state index is 12.1. The highest BCUT2D eigenvalue weighted by atomic mass is 16.6. The number of nitro benzene ring substituents is 1. The van der Waals surface area contributed by atoms with Crippen LogP contribution in [0.25, 0.3) is 0 Å². The zero-order chi connectivity index (χ0) is 16.9. The molecule has 0 bridgehead atoms. The van der Waals surface area contributed by atoms with Gasteiger partial charge in [0.15, 0.2) is 0 Å². The topological polar surface area (TPSA) is 81.9 Å². The molecule has 122 valence electrons. The summed E-state index contributed by atoms with van der Waals surface area (Å²) in [5.74, 6) is 0.404. The lowest BCUT2D eigenvalue weighted by Gasteiger charge is -2.25. The second-order valence-corrected chi connectivity index (χ2v) is 5.80. The molecule has 0 saturated carbocycles. The van der Waals surface area contributed by atoms with E-state index in [-0.39, 0.29) is 5.69 Å². The summed E-state index contributed by atoms with van der Waals surface area (Å²) in [7, 11) is 1.49. The highest BCUT2D eigenvalue weighted by molar-refractivity contribution is 5.89. The number of nitro groups is 1. The van der Waals surface area contributed by atoms with Crippen molar-refractivity contribution in [2.24, 2.45) is 0 Å². The van der Waals surface area contributed by atoms with Gasteiger partial charge in [0.25, 0.3) is 5.69 Å². The van der Waals surface area contributed by atoms with Crippen LogP contribution in [0.3, 0.4) is 0 Å². The van der Waals surface area contributed by atoms with Crippen LogP contribution in [0.5, 0.6) is 5.75 Å². The van der Waals surface area contributed by atoms with Crippen LogP contribution in [-0.4, -0.2) is 30.3 Å². The molecule has 1 aromatic rings. The zero-order valence-corrected chi connectivity index (χ0v) is 13.6. The van der Waals surface area contributed by atoms with Crippen LogP contribution in [0.15, 0.2) is 18.2 Å². The van der Waals surface area contributed by atoms with Gasteiger partial charge >= 0.3 is 6.09 Å². The van der Waals surface area contributed by atoms with Gasteiger partial charge in [-0.05, 0) is 33.3 Å². The average molecular weight is 310 g/mol. The van der Waals surface area contributed by atoms with Gasteiger partial charge in [0.1, 0.15) is 11.4 Å². The fourth-order valence-electron chi connectivity index (χ4n) is 1.64. The van der Waals surface area contributed by atoms with E-state index in [1.807, 2.05) is 6.92 Å². The number of carbonyl (C=O) groups is 1. The third-order valence-corrected chi connectivity index (χ3v) is 2.64. The van der Waals surface area contributed by atoms with Crippen molar-refractivity contribution in [2.45, 2.75) is 39.7 Å². The van der Waals surface area contributed by atoms with E-state index in [9.17, 15) is 14.9 Å². The number of non-ortho nitro benzene ring substituents is 1. The standard InChI is InChI=1S/C15H22N2O5/c1-6-9-21-13-8-7-11(17(19)20)10-12(13)16(5)14(18)22-15(2,3)4/h7-8,10H,6,9H2,1-5H3. The molecule has 0 aliphatic heterocycles. The summed E-state index contributed by atoms with van der Waals surface area (Å²) in [6, 6.07) is 4.14. The molecular weight excluding hydrogens is 288 g/mol. The number of hydrogen-bond donors (Lipinski definition) is 0. The normalized spacial score (nSPS) is 11.0. The molecule has 0 N–H and O–H groups in total. The molecule has 0 radical (unpaired) electrons. The third kappa shape index (κ3) is 4.91. The van der Waals surface area contributed by atoms with Crippen LogP contribution in [0.2, 0.25) is 0 Å². The summed E-state index contributed by atoms with van der Waals surface area (Å²) < 4.78 is 10.8. The molecule has 7 heteroatoms. The molecule has 0 atom stereocenters. The maximum Gasteiger partial charge on any atom is 0.414 e. The van der Waals surface area contributed by atoms with Gasteiger partial charge in [0.2, 0.25) is 0 Å². The lowest BCUT2D eigenvalue weighted by molar-refractivity contribution is -0.384. The predicted octanol–water partition coefficient (Wildman–Crippen LogP) is 3.75. The Kier molecular flexibility index (Phi) is 5.73. The maximum atomic E-state index is 12.1.